The van der Waals surface area contributed by atoms with Crippen LogP contribution in [0.25, 0.3) is 0 Å². The highest BCUT2D eigenvalue weighted by Gasteiger charge is 2.34. The summed E-state index contributed by atoms with van der Waals surface area (Å²) in [5.74, 6) is -1.50. The average molecular weight is 385 g/mol. The van der Waals surface area contributed by atoms with Gasteiger partial charge in [0.25, 0.3) is 21.4 Å². The zero-order chi connectivity index (χ0) is 19.8. The number of rotatable bonds is 6. The SMILES string of the molecule is CN(c1cn(C)nc1C(=O)O)S(=O)(=O)c1ccc([N+](=O)[O-])cc1[N+](=O)[O-]. The zero-order valence-corrected chi connectivity index (χ0v) is 14.1. The van der Waals surface area contributed by atoms with Crippen LogP contribution in [0.5, 0.6) is 0 Å². The van der Waals surface area contributed by atoms with Crippen LogP contribution >= 0.6 is 0 Å². The molecule has 2 rings (SSSR count). The Hall–Kier alpha value is -3.55. The van der Waals surface area contributed by atoms with Crippen molar-refractivity contribution in [1.82, 2.24) is 9.78 Å². The fraction of sp³-hybridized carbons (Fsp3) is 0.167. The fourth-order valence-corrected chi connectivity index (χ4v) is 3.44. The predicted molar refractivity (Wildman–Crippen MR) is 85.5 cm³/mol. The lowest BCUT2D eigenvalue weighted by Gasteiger charge is -2.18. The van der Waals surface area contributed by atoms with Crippen molar-refractivity contribution in [2.24, 2.45) is 7.05 Å². The Morgan fingerprint density at radius 1 is 1.27 bits per heavy atom. The van der Waals surface area contributed by atoms with Gasteiger partial charge in [0.05, 0.1) is 15.9 Å². The topological polar surface area (TPSA) is 179 Å². The molecule has 14 heteroatoms. The van der Waals surface area contributed by atoms with Crippen molar-refractivity contribution in [3.05, 3.63) is 50.3 Å². The number of anilines is 1. The minimum atomic E-state index is -4.60. The normalized spacial score (nSPS) is 11.2. The van der Waals surface area contributed by atoms with Gasteiger partial charge in [-0.1, -0.05) is 0 Å². The van der Waals surface area contributed by atoms with E-state index < -0.39 is 47.8 Å². The van der Waals surface area contributed by atoms with Gasteiger partial charge < -0.3 is 5.11 Å². The summed E-state index contributed by atoms with van der Waals surface area (Å²) in [6.07, 6.45) is 1.11. The van der Waals surface area contributed by atoms with Gasteiger partial charge in [-0.2, -0.15) is 5.10 Å². The number of nitrogens with zero attached hydrogens (tertiary/aromatic N) is 5. The predicted octanol–water partition coefficient (Wildman–Crippen LogP) is 0.760. The van der Waals surface area contributed by atoms with Crippen LogP contribution in [0.4, 0.5) is 17.1 Å². The molecule has 1 heterocycles. The third kappa shape index (κ3) is 3.16. The lowest BCUT2D eigenvalue weighted by atomic mass is 10.3. The van der Waals surface area contributed by atoms with Gasteiger partial charge in [0.15, 0.2) is 10.6 Å². The van der Waals surface area contributed by atoms with Crippen molar-refractivity contribution >= 4 is 33.1 Å². The summed E-state index contributed by atoms with van der Waals surface area (Å²) in [6, 6.07) is 2.04. The first-order valence-corrected chi connectivity index (χ1v) is 8.09. The molecule has 0 amide bonds. The van der Waals surface area contributed by atoms with E-state index in [1.807, 2.05) is 0 Å². The lowest BCUT2D eigenvalue weighted by Crippen LogP contribution is -2.28. The van der Waals surface area contributed by atoms with Crippen LogP contribution in [-0.4, -0.2) is 46.2 Å². The molecule has 0 saturated carbocycles. The molecular weight excluding hydrogens is 374 g/mol. The van der Waals surface area contributed by atoms with Crippen LogP contribution in [0.2, 0.25) is 0 Å². The van der Waals surface area contributed by atoms with Crippen LogP contribution in [0.1, 0.15) is 10.5 Å². The number of aromatic carboxylic acids is 1. The molecule has 26 heavy (non-hydrogen) atoms. The Balaban J connectivity index is 2.66. The second-order valence-electron chi connectivity index (χ2n) is 4.98. The molecule has 0 aliphatic rings. The highest BCUT2D eigenvalue weighted by molar-refractivity contribution is 7.93. The highest BCUT2D eigenvalue weighted by Crippen LogP contribution is 2.32. The summed E-state index contributed by atoms with van der Waals surface area (Å²) in [7, 11) is -2.24. The first kappa shape index (κ1) is 18.8. The van der Waals surface area contributed by atoms with Crippen LogP contribution in [0.15, 0.2) is 29.3 Å². The molecule has 0 unspecified atom stereocenters. The van der Waals surface area contributed by atoms with Crippen LogP contribution in [0, 0.1) is 20.2 Å². The molecular formula is C12H11N5O8S. The molecule has 0 atom stereocenters. The maximum Gasteiger partial charge on any atom is 0.358 e. The summed E-state index contributed by atoms with van der Waals surface area (Å²) >= 11 is 0. The van der Waals surface area contributed by atoms with Crippen molar-refractivity contribution in [3.8, 4) is 0 Å². The smallest absolute Gasteiger partial charge is 0.358 e. The number of carbonyl (C=O) groups is 1. The molecule has 1 N–H and O–H groups in total. The molecule has 0 aliphatic carbocycles. The highest BCUT2D eigenvalue weighted by atomic mass is 32.2. The second-order valence-corrected chi connectivity index (χ2v) is 6.92. The van der Waals surface area contributed by atoms with Gasteiger partial charge in [0, 0.05) is 26.4 Å². The molecule has 2 aromatic rings. The van der Waals surface area contributed by atoms with E-state index in [9.17, 15) is 33.4 Å². The Kier molecular flexibility index (Phi) is 4.62. The molecule has 138 valence electrons. The summed E-state index contributed by atoms with van der Waals surface area (Å²) in [5, 5.41) is 34.7. The number of aromatic nitrogens is 2. The number of aryl methyl sites for hydroxylation is 1. The Morgan fingerprint density at radius 3 is 2.38 bits per heavy atom. The van der Waals surface area contributed by atoms with Gasteiger partial charge in [-0.25, -0.2) is 13.2 Å². The number of benzene rings is 1. The first-order valence-electron chi connectivity index (χ1n) is 6.65. The van der Waals surface area contributed by atoms with Crippen molar-refractivity contribution < 1.29 is 28.2 Å². The second kappa shape index (κ2) is 6.40. The van der Waals surface area contributed by atoms with Crippen molar-refractivity contribution in [3.63, 3.8) is 0 Å². The molecule has 0 bridgehead atoms. The lowest BCUT2D eigenvalue weighted by molar-refractivity contribution is -0.396. The van der Waals surface area contributed by atoms with E-state index in [1.54, 1.807) is 0 Å². The van der Waals surface area contributed by atoms with E-state index in [1.165, 1.54) is 7.05 Å². The molecule has 1 aromatic heterocycles. The number of carboxylic acid groups (broad SMARTS) is 1. The van der Waals surface area contributed by atoms with Gasteiger partial charge in [-0.3, -0.25) is 29.2 Å². The third-order valence-corrected chi connectivity index (χ3v) is 5.16. The minimum Gasteiger partial charge on any atom is -0.476 e. The van der Waals surface area contributed by atoms with Crippen molar-refractivity contribution in [2.75, 3.05) is 11.4 Å². The molecule has 0 radical (unpaired) electrons. The maximum atomic E-state index is 12.7. The number of nitro groups is 2. The Labute approximate surface area is 145 Å². The average Bonchev–Trinajstić information content (AvgIpc) is 2.95. The largest absolute Gasteiger partial charge is 0.476 e. The summed E-state index contributed by atoms with van der Waals surface area (Å²) in [6.45, 7) is 0. The summed E-state index contributed by atoms with van der Waals surface area (Å²) in [5.41, 5.74) is -2.58. The zero-order valence-electron chi connectivity index (χ0n) is 13.3. The van der Waals surface area contributed by atoms with E-state index >= 15 is 0 Å². The number of non-ortho nitro benzene ring substituents is 1. The van der Waals surface area contributed by atoms with E-state index in [-0.39, 0.29) is 5.69 Å². The minimum absolute atomic E-state index is 0.326. The summed E-state index contributed by atoms with van der Waals surface area (Å²) in [4.78, 5) is 30.3. The number of hydrogen-bond acceptors (Lipinski definition) is 8. The fourth-order valence-electron chi connectivity index (χ4n) is 2.12. The monoisotopic (exact) mass is 385 g/mol. The molecule has 0 aliphatic heterocycles. The number of sulfonamides is 1. The van der Waals surface area contributed by atoms with Gasteiger partial charge in [-0.15, -0.1) is 0 Å². The van der Waals surface area contributed by atoms with E-state index in [0.717, 1.165) is 30.1 Å². The third-order valence-electron chi connectivity index (χ3n) is 3.34. The molecule has 0 spiro atoms. The Morgan fingerprint density at radius 2 is 1.88 bits per heavy atom. The van der Waals surface area contributed by atoms with E-state index in [2.05, 4.69) is 5.10 Å². The van der Waals surface area contributed by atoms with Crippen molar-refractivity contribution in [1.29, 1.82) is 0 Å². The Bertz CT molecular complexity index is 1030. The van der Waals surface area contributed by atoms with Crippen LogP contribution < -0.4 is 4.31 Å². The quantitative estimate of drug-likeness (QED) is 0.554. The van der Waals surface area contributed by atoms with E-state index in [4.69, 9.17) is 5.11 Å². The molecule has 13 nitrogen and oxygen atoms in total. The van der Waals surface area contributed by atoms with Gasteiger partial charge in [0.2, 0.25) is 0 Å². The van der Waals surface area contributed by atoms with Gasteiger partial charge in [-0.05, 0) is 6.07 Å². The van der Waals surface area contributed by atoms with Crippen molar-refractivity contribution in [2.45, 2.75) is 4.90 Å². The first-order chi connectivity index (χ1) is 12.0. The molecule has 1 aromatic carbocycles. The molecule has 0 saturated heterocycles. The number of carboxylic acids is 1. The maximum absolute atomic E-state index is 12.7. The molecule has 0 fully saturated rings. The van der Waals surface area contributed by atoms with Gasteiger partial charge in [0.1, 0.15) is 5.69 Å². The van der Waals surface area contributed by atoms with Gasteiger partial charge >= 0.3 is 5.97 Å². The number of hydrogen-bond donors (Lipinski definition) is 1. The summed E-state index contributed by atoms with van der Waals surface area (Å²) < 4.78 is 27.1. The van der Waals surface area contributed by atoms with Crippen LogP contribution in [0.3, 0.4) is 0 Å². The number of nitro benzene ring substituents is 2. The van der Waals surface area contributed by atoms with Crippen LogP contribution in [-0.2, 0) is 17.1 Å². The standard InChI is InChI=1S/C12H11N5O8S/c1-14-6-9(11(13-14)12(18)19)15(2)26(24,25)10-4-3-7(16(20)21)5-8(10)17(22)23/h3-6H,1-2H3,(H,18,19). The van der Waals surface area contributed by atoms with E-state index in [0.29, 0.717) is 10.4 Å².